The highest BCUT2D eigenvalue weighted by atomic mass is 32.1. The average Bonchev–Trinajstić information content (AvgIpc) is 3.45. The van der Waals surface area contributed by atoms with E-state index < -0.39 is 0 Å². The molecule has 2 heterocycles. The first kappa shape index (κ1) is 16.0. The molecular formula is C22H17N3O2S. The lowest BCUT2D eigenvalue weighted by molar-refractivity contribution is -0.123. The van der Waals surface area contributed by atoms with Crippen molar-refractivity contribution >= 4 is 49.9 Å². The van der Waals surface area contributed by atoms with Gasteiger partial charge in [-0.2, -0.15) is 0 Å². The fourth-order valence-electron chi connectivity index (χ4n) is 4.86. The molecule has 2 fully saturated rings. The third-order valence-electron chi connectivity index (χ3n) is 6.10. The summed E-state index contributed by atoms with van der Waals surface area (Å²) in [6.45, 7) is 0. The van der Waals surface area contributed by atoms with Gasteiger partial charge in [0.15, 0.2) is 5.13 Å². The summed E-state index contributed by atoms with van der Waals surface area (Å²) in [5.74, 6) is -0.100. The Morgan fingerprint density at radius 3 is 2.36 bits per heavy atom. The van der Waals surface area contributed by atoms with E-state index in [1.807, 2.05) is 48.5 Å². The topological polar surface area (TPSA) is 62.3 Å². The summed E-state index contributed by atoms with van der Waals surface area (Å²) in [4.78, 5) is 31.9. The van der Waals surface area contributed by atoms with Crippen LogP contribution in [0.25, 0.3) is 10.2 Å². The van der Waals surface area contributed by atoms with Gasteiger partial charge in [-0.25, -0.2) is 9.88 Å². The number of rotatable bonds is 3. The van der Waals surface area contributed by atoms with Crippen LogP contribution in [-0.2, 0) is 9.59 Å². The molecule has 2 bridgehead atoms. The molecule has 1 saturated heterocycles. The second kappa shape index (κ2) is 5.75. The molecule has 2 aliphatic carbocycles. The Kier molecular flexibility index (Phi) is 3.29. The van der Waals surface area contributed by atoms with Gasteiger partial charge in [-0.3, -0.25) is 9.59 Å². The van der Waals surface area contributed by atoms with E-state index in [2.05, 4.69) is 22.5 Å². The molecule has 28 heavy (non-hydrogen) atoms. The maximum atomic E-state index is 13.0. The van der Waals surface area contributed by atoms with Gasteiger partial charge in [0.25, 0.3) is 0 Å². The van der Waals surface area contributed by atoms with Crippen LogP contribution in [0.1, 0.15) is 6.42 Å². The molecule has 4 atom stereocenters. The van der Waals surface area contributed by atoms with E-state index in [1.165, 1.54) is 16.2 Å². The Labute approximate surface area is 165 Å². The molecule has 138 valence electrons. The number of hydrogen-bond donors (Lipinski definition) is 1. The molecule has 0 spiro atoms. The minimum atomic E-state index is -0.190. The number of fused-ring (bicyclic) bond motifs is 6. The highest BCUT2D eigenvalue weighted by Crippen LogP contribution is 2.53. The van der Waals surface area contributed by atoms with Gasteiger partial charge in [0.05, 0.1) is 22.1 Å². The van der Waals surface area contributed by atoms with Gasteiger partial charge in [-0.15, -0.1) is 0 Å². The fraction of sp³-hybridized carbons (Fsp3) is 0.227. The van der Waals surface area contributed by atoms with Crippen LogP contribution in [0.2, 0.25) is 0 Å². The minimum absolute atomic E-state index is 0.0754. The van der Waals surface area contributed by atoms with Crippen LogP contribution in [0.15, 0.2) is 60.7 Å². The predicted octanol–water partition coefficient (Wildman–Crippen LogP) is 4.35. The first-order chi connectivity index (χ1) is 13.7. The molecule has 1 aromatic heterocycles. The van der Waals surface area contributed by atoms with E-state index in [1.54, 1.807) is 0 Å². The van der Waals surface area contributed by atoms with E-state index in [0.717, 1.165) is 28.0 Å². The standard InChI is InChI=1S/C22H17N3O2S/c26-20-18-12-6-7-13(10-12)19(18)21(27)25(20)22-24-16-9-8-15(11-17(16)28-22)23-14-4-2-1-3-5-14/h1-9,11-13,18-19,23H,10H2/t12?,13?,18-,19+. The van der Waals surface area contributed by atoms with Crippen LogP contribution in [0, 0.1) is 23.7 Å². The van der Waals surface area contributed by atoms with Crippen LogP contribution in [0.4, 0.5) is 16.5 Å². The Bertz CT molecular complexity index is 1120. The van der Waals surface area contributed by atoms with Gasteiger partial charge in [0.1, 0.15) is 0 Å². The smallest absolute Gasteiger partial charge is 0.240 e. The molecule has 1 aliphatic heterocycles. The van der Waals surface area contributed by atoms with Crippen LogP contribution in [0.5, 0.6) is 0 Å². The summed E-state index contributed by atoms with van der Waals surface area (Å²) in [7, 11) is 0. The van der Waals surface area contributed by atoms with E-state index in [9.17, 15) is 9.59 Å². The van der Waals surface area contributed by atoms with Crippen molar-refractivity contribution in [2.75, 3.05) is 10.2 Å². The van der Waals surface area contributed by atoms with E-state index in [4.69, 9.17) is 0 Å². The predicted molar refractivity (Wildman–Crippen MR) is 110 cm³/mol. The van der Waals surface area contributed by atoms with Crippen molar-refractivity contribution in [3.05, 3.63) is 60.7 Å². The number of allylic oxidation sites excluding steroid dienone is 2. The zero-order chi connectivity index (χ0) is 18.8. The highest BCUT2D eigenvalue weighted by molar-refractivity contribution is 7.22. The number of hydrogen-bond acceptors (Lipinski definition) is 5. The monoisotopic (exact) mass is 387 g/mol. The van der Waals surface area contributed by atoms with Gasteiger partial charge >= 0.3 is 0 Å². The average molecular weight is 387 g/mol. The maximum Gasteiger partial charge on any atom is 0.240 e. The molecule has 2 aromatic carbocycles. The number of imide groups is 1. The highest BCUT2D eigenvalue weighted by Gasteiger charge is 2.60. The van der Waals surface area contributed by atoms with Crippen LogP contribution < -0.4 is 10.2 Å². The molecule has 2 unspecified atom stereocenters. The number of benzene rings is 2. The quantitative estimate of drug-likeness (QED) is 0.536. The van der Waals surface area contributed by atoms with Crippen molar-refractivity contribution < 1.29 is 9.59 Å². The number of para-hydroxylation sites is 1. The summed E-state index contributed by atoms with van der Waals surface area (Å²) in [6, 6.07) is 15.9. The van der Waals surface area contributed by atoms with Crippen LogP contribution >= 0.6 is 11.3 Å². The maximum absolute atomic E-state index is 13.0. The normalized spacial score (nSPS) is 27.8. The summed E-state index contributed by atoms with van der Waals surface area (Å²) >= 11 is 1.40. The van der Waals surface area contributed by atoms with Crippen LogP contribution in [-0.4, -0.2) is 16.8 Å². The minimum Gasteiger partial charge on any atom is -0.355 e. The van der Waals surface area contributed by atoms with Crippen LogP contribution in [0.3, 0.4) is 0 Å². The Morgan fingerprint density at radius 1 is 0.929 bits per heavy atom. The third-order valence-corrected chi connectivity index (χ3v) is 7.10. The Hall–Kier alpha value is -2.99. The number of amides is 2. The molecule has 1 saturated carbocycles. The number of carbonyl (C=O) groups excluding carboxylic acids is 2. The number of carbonyl (C=O) groups is 2. The molecule has 1 N–H and O–H groups in total. The first-order valence-corrected chi connectivity index (χ1v) is 10.3. The molecule has 6 heteroatoms. The van der Waals surface area contributed by atoms with Crippen molar-refractivity contribution in [3.63, 3.8) is 0 Å². The lowest BCUT2D eigenvalue weighted by Crippen LogP contribution is -2.32. The van der Waals surface area contributed by atoms with Gasteiger partial charge < -0.3 is 5.32 Å². The number of anilines is 3. The zero-order valence-corrected chi connectivity index (χ0v) is 15.7. The van der Waals surface area contributed by atoms with Crippen molar-refractivity contribution in [1.29, 1.82) is 0 Å². The second-order valence-electron chi connectivity index (χ2n) is 7.68. The summed E-state index contributed by atoms with van der Waals surface area (Å²) < 4.78 is 0.953. The van der Waals surface area contributed by atoms with Gasteiger partial charge in [-0.1, -0.05) is 41.7 Å². The van der Waals surface area contributed by atoms with Crippen molar-refractivity contribution in [3.8, 4) is 0 Å². The van der Waals surface area contributed by atoms with Gasteiger partial charge in [-0.05, 0) is 48.6 Å². The third kappa shape index (κ3) is 2.21. The molecule has 2 amide bonds. The Morgan fingerprint density at radius 2 is 1.64 bits per heavy atom. The summed E-state index contributed by atoms with van der Waals surface area (Å²) in [6.07, 6.45) is 5.16. The van der Waals surface area contributed by atoms with Gasteiger partial charge in [0, 0.05) is 11.4 Å². The van der Waals surface area contributed by atoms with Crippen molar-refractivity contribution in [1.82, 2.24) is 4.98 Å². The first-order valence-electron chi connectivity index (χ1n) is 9.48. The summed E-state index contributed by atoms with van der Waals surface area (Å²) in [5.41, 5.74) is 2.76. The number of aromatic nitrogens is 1. The second-order valence-corrected chi connectivity index (χ2v) is 8.69. The van der Waals surface area contributed by atoms with Crippen molar-refractivity contribution in [2.24, 2.45) is 23.7 Å². The largest absolute Gasteiger partial charge is 0.355 e. The van der Waals surface area contributed by atoms with Gasteiger partial charge in [0.2, 0.25) is 11.8 Å². The summed E-state index contributed by atoms with van der Waals surface area (Å²) in [5, 5.41) is 3.86. The number of thiazole rings is 1. The lowest BCUT2D eigenvalue weighted by Gasteiger charge is -2.14. The molecule has 6 rings (SSSR count). The Balaban J connectivity index is 1.33. The van der Waals surface area contributed by atoms with E-state index in [-0.39, 0.29) is 35.5 Å². The molecular weight excluding hydrogens is 370 g/mol. The molecule has 3 aliphatic rings. The fourth-order valence-corrected chi connectivity index (χ4v) is 5.88. The SMILES string of the molecule is O=C1[C@@H]2C3C=CC(C3)[C@@H]2C(=O)N1c1nc2ccc(Nc3ccccc3)cc2s1. The zero-order valence-electron chi connectivity index (χ0n) is 14.9. The number of nitrogens with one attached hydrogen (secondary N) is 1. The molecule has 5 nitrogen and oxygen atoms in total. The van der Waals surface area contributed by atoms with E-state index >= 15 is 0 Å². The molecule has 3 aromatic rings. The lowest BCUT2D eigenvalue weighted by atomic mass is 9.85. The van der Waals surface area contributed by atoms with Crippen molar-refractivity contribution in [2.45, 2.75) is 6.42 Å². The molecule has 0 radical (unpaired) electrons. The number of nitrogens with zero attached hydrogens (tertiary/aromatic N) is 2. The van der Waals surface area contributed by atoms with E-state index in [0.29, 0.717) is 5.13 Å².